The highest BCUT2D eigenvalue weighted by Crippen LogP contribution is 2.80. The minimum absolute atomic E-state index is 0.0402. The number of benzene rings is 1. The van der Waals surface area contributed by atoms with Crippen molar-refractivity contribution in [1.29, 1.82) is 0 Å². The first kappa shape index (κ1) is 35.7. The summed E-state index contributed by atoms with van der Waals surface area (Å²) in [6.07, 6.45) is 0.586. The van der Waals surface area contributed by atoms with Crippen LogP contribution in [0.15, 0.2) is 24.3 Å². The lowest BCUT2D eigenvalue weighted by Crippen LogP contribution is -2.82. The molecule has 5 saturated carbocycles. The Balaban J connectivity index is 1.29. The number of fused-ring (bicyclic) bond motifs is 2. The molecule has 2 amide bonds. The molecule has 0 aromatic heterocycles. The predicted octanol–water partition coefficient (Wildman–Crippen LogP) is 1.59. The first-order chi connectivity index (χ1) is 23.8. The number of piperidine rings is 1. The molecule has 50 heavy (non-hydrogen) atoms. The third-order valence-corrected chi connectivity index (χ3v) is 14.2. The second kappa shape index (κ2) is 12.5. The van der Waals surface area contributed by atoms with Crippen molar-refractivity contribution in [1.82, 2.24) is 4.90 Å². The van der Waals surface area contributed by atoms with E-state index in [-0.39, 0.29) is 72.7 Å². The fourth-order valence-corrected chi connectivity index (χ4v) is 12.7. The largest absolute Gasteiger partial charge is 0.461 e. The van der Waals surface area contributed by atoms with Crippen LogP contribution in [0.3, 0.4) is 0 Å². The van der Waals surface area contributed by atoms with E-state index in [1.807, 2.05) is 0 Å². The molecule has 0 radical (unpaired) electrons. The zero-order valence-corrected chi connectivity index (χ0v) is 29.9. The molecule has 14 atom stereocenters. The lowest BCUT2D eigenvalue weighted by atomic mass is 9.42. The van der Waals surface area contributed by atoms with Crippen LogP contribution in [0.1, 0.15) is 56.3 Å². The van der Waals surface area contributed by atoms with E-state index in [1.165, 1.54) is 0 Å². The Labute approximate surface area is 293 Å². The maximum absolute atomic E-state index is 14.0. The van der Waals surface area contributed by atoms with Gasteiger partial charge < -0.3 is 44.9 Å². The number of esters is 1. The Kier molecular flexibility index (Phi) is 8.93. The van der Waals surface area contributed by atoms with Crippen molar-refractivity contribution >= 4 is 23.5 Å². The summed E-state index contributed by atoms with van der Waals surface area (Å²) in [5.74, 6) is -3.02. The second-order valence-electron chi connectivity index (χ2n) is 15.9. The molecule has 1 saturated heterocycles. The SMILES string of the molecule is CCN1C[C@@]2(COC(=O)c3ccccc3NC(=O)[C@H](C)CC(N)=O)CC[C@@H](OC)[C@@]34[C@@H]5C[C@H]6[C@H](OC)[C@@H]5[C@](O)(C[C@H]6OC)[C@@](O)([C@@H](OC)[C@@H]23)[C@@H]14. The number of anilines is 1. The molecule has 6 aliphatic rings. The van der Waals surface area contributed by atoms with Gasteiger partial charge in [-0.2, -0.15) is 0 Å². The van der Waals surface area contributed by atoms with Crippen LogP contribution in [0.4, 0.5) is 5.69 Å². The van der Waals surface area contributed by atoms with Gasteiger partial charge in [0.25, 0.3) is 0 Å². The van der Waals surface area contributed by atoms with E-state index in [1.54, 1.807) is 59.6 Å². The summed E-state index contributed by atoms with van der Waals surface area (Å²) in [5.41, 5.74) is 1.21. The summed E-state index contributed by atoms with van der Waals surface area (Å²) in [5, 5.41) is 29.3. The highest BCUT2D eigenvalue weighted by molar-refractivity contribution is 6.02. The number of primary amides is 1. The van der Waals surface area contributed by atoms with E-state index in [2.05, 4.69) is 17.1 Å². The lowest BCUT2D eigenvalue weighted by molar-refractivity contribution is -0.320. The Morgan fingerprint density at radius 2 is 1.82 bits per heavy atom. The van der Waals surface area contributed by atoms with Crippen molar-refractivity contribution in [3.8, 4) is 0 Å². The van der Waals surface area contributed by atoms with E-state index in [0.717, 1.165) is 6.42 Å². The number of carbonyl (C=O) groups excluding carboxylic acids is 3. The number of hydrogen-bond donors (Lipinski definition) is 4. The summed E-state index contributed by atoms with van der Waals surface area (Å²) in [4.78, 5) is 40.5. The van der Waals surface area contributed by atoms with Gasteiger partial charge >= 0.3 is 5.97 Å². The quantitative estimate of drug-likeness (QED) is 0.233. The number of rotatable bonds is 12. The number of likely N-dealkylation sites (tertiary alicyclic amines) is 1. The molecule has 7 bridgehead atoms. The summed E-state index contributed by atoms with van der Waals surface area (Å²) in [7, 11) is 6.69. The number of likely N-dealkylation sites (N-methyl/N-ethyl adjacent to an activating group) is 1. The number of ether oxygens (including phenoxy) is 5. The molecule has 7 rings (SSSR count). The molecular weight excluding hydrogens is 646 g/mol. The van der Waals surface area contributed by atoms with Crippen LogP contribution >= 0.6 is 0 Å². The molecule has 1 spiro atoms. The normalized spacial score (nSPS) is 44.4. The fraction of sp³-hybridized carbons (Fsp3) is 0.757. The van der Waals surface area contributed by atoms with Crippen LogP contribution in [-0.4, -0.2) is 123 Å². The third kappa shape index (κ3) is 4.46. The number of amides is 2. The van der Waals surface area contributed by atoms with Gasteiger partial charge in [0.1, 0.15) is 11.2 Å². The number of nitrogens with two attached hydrogens (primary N) is 1. The Morgan fingerprint density at radius 1 is 1.08 bits per heavy atom. The average Bonchev–Trinajstić information content (AvgIpc) is 3.52. The van der Waals surface area contributed by atoms with Crippen molar-refractivity contribution in [3.63, 3.8) is 0 Å². The second-order valence-corrected chi connectivity index (χ2v) is 15.9. The van der Waals surface area contributed by atoms with E-state index >= 15 is 0 Å². The molecule has 276 valence electrons. The molecule has 5 N–H and O–H groups in total. The molecule has 5 aliphatic carbocycles. The number of para-hydroxylation sites is 1. The minimum atomic E-state index is -1.70. The molecule has 13 nitrogen and oxygen atoms in total. The standard InChI is InChI=1S/C37H53N3O10/c1-7-40-17-34(18-50-32(43)20-10-8-9-11-23(20)39-31(42)19(2)14-26(38)41)13-12-25(47-4)36-22-15-21-24(46-3)16-35(44,27(22)28(21)48-5)37(45,33(36)40)30(49-6)29(34)36/h8-11,19,21-22,24-25,27-30,33,44-45H,7,12-18H2,1-6H3,(H2,38,41)(H,39,42)/t19-,21-,22-,24-,25-,27-,28+,29+,30+,33+,34-,35-,36+,37-/m1/s1. The zero-order chi connectivity index (χ0) is 36.0. The van der Waals surface area contributed by atoms with Crippen LogP contribution in [0.5, 0.6) is 0 Å². The number of nitrogens with one attached hydrogen (secondary N) is 1. The molecule has 1 heterocycles. The highest BCUT2D eigenvalue weighted by atomic mass is 16.5. The van der Waals surface area contributed by atoms with Crippen molar-refractivity contribution < 1.29 is 48.3 Å². The molecule has 1 aromatic carbocycles. The molecule has 1 aliphatic heterocycles. The molecule has 1 aromatic rings. The molecule has 6 fully saturated rings. The average molecular weight is 700 g/mol. The van der Waals surface area contributed by atoms with Gasteiger partial charge in [-0.3, -0.25) is 14.5 Å². The monoisotopic (exact) mass is 699 g/mol. The van der Waals surface area contributed by atoms with Crippen LogP contribution in [-0.2, 0) is 33.3 Å². The first-order valence-corrected chi connectivity index (χ1v) is 18.0. The van der Waals surface area contributed by atoms with Crippen LogP contribution in [0.2, 0.25) is 0 Å². The van der Waals surface area contributed by atoms with Gasteiger partial charge in [0.05, 0.1) is 48.3 Å². The van der Waals surface area contributed by atoms with Gasteiger partial charge in [-0.05, 0) is 43.9 Å². The van der Waals surface area contributed by atoms with Crippen molar-refractivity contribution in [2.24, 2.45) is 46.2 Å². The van der Waals surface area contributed by atoms with Gasteiger partial charge in [-0.25, -0.2) is 4.79 Å². The lowest BCUT2D eigenvalue weighted by Gasteiger charge is -2.70. The van der Waals surface area contributed by atoms with Gasteiger partial charge in [-0.15, -0.1) is 0 Å². The fourth-order valence-electron chi connectivity index (χ4n) is 12.7. The maximum Gasteiger partial charge on any atom is 0.340 e. The number of methoxy groups -OCH3 is 4. The van der Waals surface area contributed by atoms with E-state index in [0.29, 0.717) is 25.9 Å². The van der Waals surface area contributed by atoms with Gasteiger partial charge in [-0.1, -0.05) is 26.0 Å². The van der Waals surface area contributed by atoms with E-state index in [4.69, 9.17) is 29.4 Å². The number of aliphatic hydroxyl groups is 2. The first-order valence-electron chi connectivity index (χ1n) is 18.0. The van der Waals surface area contributed by atoms with E-state index < -0.39 is 57.9 Å². The Hall–Kier alpha value is -2.65. The van der Waals surface area contributed by atoms with Gasteiger partial charge in [0.2, 0.25) is 11.8 Å². The van der Waals surface area contributed by atoms with Crippen LogP contribution in [0.25, 0.3) is 0 Å². The van der Waals surface area contributed by atoms with Crippen molar-refractivity contribution in [2.45, 2.75) is 87.6 Å². The summed E-state index contributed by atoms with van der Waals surface area (Å²) in [6.45, 7) is 4.84. The van der Waals surface area contributed by atoms with Crippen LogP contribution < -0.4 is 11.1 Å². The summed E-state index contributed by atoms with van der Waals surface area (Å²) < 4.78 is 31.3. The highest BCUT2D eigenvalue weighted by Gasteiger charge is 2.91. The van der Waals surface area contributed by atoms with Crippen LogP contribution in [0, 0.1) is 40.4 Å². The molecular formula is C37H53N3O10. The number of nitrogens with zero attached hydrogens (tertiary/aromatic N) is 1. The van der Waals surface area contributed by atoms with Crippen molar-refractivity contribution in [3.05, 3.63) is 29.8 Å². The molecule has 13 heteroatoms. The summed E-state index contributed by atoms with van der Waals surface area (Å²) >= 11 is 0. The maximum atomic E-state index is 14.0. The third-order valence-electron chi connectivity index (χ3n) is 14.2. The minimum Gasteiger partial charge on any atom is -0.461 e. The smallest absolute Gasteiger partial charge is 0.340 e. The van der Waals surface area contributed by atoms with Gasteiger partial charge in [0.15, 0.2) is 0 Å². The Morgan fingerprint density at radius 3 is 2.46 bits per heavy atom. The number of carbonyl (C=O) groups is 3. The van der Waals surface area contributed by atoms with Crippen molar-refractivity contribution in [2.75, 3.05) is 53.5 Å². The molecule has 0 unspecified atom stereocenters. The van der Waals surface area contributed by atoms with E-state index in [9.17, 15) is 24.6 Å². The predicted molar refractivity (Wildman–Crippen MR) is 180 cm³/mol. The summed E-state index contributed by atoms with van der Waals surface area (Å²) in [6, 6.07) is 6.16. The zero-order valence-electron chi connectivity index (χ0n) is 29.9. The number of hydrogen-bond acceptors (Lipinski definition) is 11. The van der Waals surface area contributed by atoms with Gasteiger partial charge in [0, 0.05) is 82.3 Å². The topological polar surface area (TPSA) is 179 Å². The Bertz CT molecular complexity index is 1530.